The maximum Gasteiger partial charge on any atom is 0.162 e. The predicted molar refractivity (Wildman–Crippen MR) is 103 cm³/mol. The SMILES string of the molecule is CC.COc1cc2ncnc(Nc3cc(C)cc(C)c3)c2cc1OC. The molecule has 0 amide bonds. The van der Waals surface area contributed by atoms with Crippen LogP contribution in [-0.2, 0) is 0 Å². The molecule has 0 aliphatic carbocycles. The molecule has 0 saturated carbocycles. The molecular formula is C20H25N3O2. The minimum absolute atomic E-state index is 0.649. The molecule has 1 aromatic heterocycles. The fraction of sp³-hybridized carbons (Fsp3) is 0.300. The Balaban J connectivity index is 0.00000109. The van der Waals surface area contributed by atoms with Crippen molar-refractivity contribution >= 4 is 22.4 Å². The summed E-state index contributed by atoms with van der Waals surface area (Å²) >= 11 is 0. The van der Waals surface area contributed by atoms with E-state index in [9.17, 15) is 0 Å². The Hall–Kier alpha value is -2.82. The van der Waals surface area contributed by atoms with Crippen LogP contribution < -0.4 is 14.8 Å². The largest absolute Gasteiger partial charge is 0.493 e. The number of nitrogens with one attached hydrogen (secondary N) is 1. The standard InChI is InChI=1S/C18H19N3O2.C2H6/c1-11-5-12(2)7-13(6-11)21-18-14-8-16(22-3)17(23-4)9-15(14)19-10-20-18;1-2/h5-10H,1-4H3,(H,19,20,21);1-2H3. The molecule has 0 saturated heterocycles. The molecule has 0 spiro atoms. The summed E-state index contributed by atoms with van der Waals surface area (Å²) in [6.45, 7) is 8.15. The van der Waals surface area contributed by atoms with Crippen LogP contribution in [0.2, 0.25) is 0 Å². The second-order valence-corrected chi connectivity index (χ2v) is 5.45. The Bertz CT molecular complexity index is 843. The number of aryl methyl sites for hydroxylation is 2. The number of benzene rings is 2. The number of methoxy groups -OCH3 is 2. The van der Waals surface area contributed by atoms with E-state index in [2.05, 4.69) is 47.3 Å². The molecule has 0 atom stereocenters. The van der Waals surface area contributed by atoms with Crippen molar-refractivity contribution in [1.29, 1.82) is 0 Å². The van der Waals surface area contributed by atoms with Gasteiger partial charge in [0, 0.05) is 17.1 Å². The Labute approximate surface area is 149 Å². The number of fused-ring (bicyclic) bond motifs is 1. The van der Waals surface area contributed by atoms with E-state index < -0.39 is 0 Å². The van der Waals surface area contributed by atoms with E-state index in [-0.39, 0.29) is 0 Å². The molecule has 1 N–H and O–H groups in total. The first kappa shape index (κ1) is 18.5. The maximum absolute atomic E-state index is 5.38. The molecule has 0 unspecified atom stereocenters. The van der Waals surface area contributed by atoms with Crippen molar-refractivity contribution in [3.05, 3.63) is 47.8 Å². The molecule has 3 rings (SSSR count). The summed E-state index contributed by atoms with van der Waals surface area (Å²) in [5.41, 5.74) is 4.19. The monoisotopic (exact) mass is 339 g/mol. The first-order valence-electron chi connectivity index (χ1n) is 8.33. The number of hydrogen-bond acceptors (Lipinski definition) is 5. The van der Waals surface area contributed by atoms with Crippen molar-refractivity contribution in [1.82, 2.24) is 9.97 Å². The lowest BCUT2D eigenvalue weighted by molar-refractivity contribution is 0.356. The second kappa shape index (κ2) is 8.33. The van der Waals surface area contributed by atoms with Gasteiger partial charge in [0.2, 0.25) is 0 Å². The predicted octanol–water partition coefficient (Wildman–Crippen LogP) is 5.03. The Morgan fingerprint density at radius 1 is 0.800 bits per heavy atom. The molecule has 0 aliphatic rings. The van der Waals surface area contributed by atoms with Gasteiger partial charge in [0.15, 0.2) is 11.5 Å². The van der Waals surface area contributed by atoms with Crippen molar-refractivity contribution in [2.24, 2.45) is 0 Å². The first-order chi connectivity index (χ1) is 12.1. The summed E-state index contributed by atoms with van der Waals surface area (Å²) < 4.78 is 10.7. The van der Waals surface area contributed by atoms with E-state index >= 15 is 0 Å². The van der Waals surface area contributed by atoms with E-state index in [0.717, 1.165) is 22.4 Å². The van der Waals surface area contributed by atoms with Crippen molar-refractivity contribution in [3.63, 3.8) is 0 Å². The lowest BCUT2D eigenvalue weighted by Gasteiger charge is -2.12. The van der Waals surface area contributed by atoms with E-state index in [0.29, 0.717) is 11.5 Å². The van der Waals surface area contributed by atoms with Crippen LogP contribution in [0.4, 0.5) is 11.5 Å². The van der Waals surface area contributed by atoms with E-state index in [1.54, 1.807) is 20.5 Å². The molecule has 1 heterocycles. The lowest BCUT2D eigenvalue weighted by atomic mass is 10.1. The Morgan fingerprint density at radius 2 is 1.40 bits per heavy atom. The summed E-state index contributed by atoms with van der Waals surface area (Å²) in [5.74, 6) is 2.04. The summed E-state index contributed by atoms with van der Waals surface area (Å²) in [7, 11) is 3.23. The van der Waals surface area contributed by atoms with Crippen LogP contribution in [0.15, 0.2) is 36.7 Å². The van der Waals surface area contributed by atoms with Crippen LogP contribution >= 0.6 is 0 Å². The summed E-state index contributed by atoms with van der Waals surface area (Å²) in [6, 6.07) is 10.0. The van der Waals surface area contributed by atoms with Crippen molar-refractivity contribution in [2.45, 2.75) is 27.7 Å². The maximum atomic E-state index is 5.38. The van der Waals surface area contributed by atoms with Crippen LogP contribution in [0.5, 0.6) is 11.5 Å². The van der Waals surface area contributed by atoms with Gasteiger partial charge in [0.05, 0.1) is 19.7 Å². The van der Waals surface area contributed by atoms with Gasteiger partial charge in [-0.05, 0) is 43.2 Å². The van der Waals surface area contributed by atoms with Gasteiger partial charge in [-0.2, -0.15) is 0 Å². The molecule has 0 fully saturated rings. The minimum Gasteiger partial charge on any atom is -0.493 e. The molecule has 3 aromatic rings. The third-order valence-electron chi connectivity index (χ3n) is 3.63. The summed E-state index contributed by atoms with van der Waals surface area (Å²) in [6.07, 6.45) is 1.54. The van der Waals surface area contributed by atoms with Gasteiger partial charge in [0.1, 0.15) is 12.1 Å². The third-order valence-corrected chi connectivity index (χ3v) is 3.63. The van der Waals surface area contributed by atoms with Gasteiger partial charge in [-0.1, -0.05) is 19.9 Å². The molecule has 5 nitrogen and oxygen atoms in total. The average molecular weight is 339 g/mol. The fourth-order valence-electron chi connectivity index (χ4n) is 2.67. The number of hydrogen-bond donors (Lipinski definition) is 1. The summed E-state index contributed by atoms with van der Waals surface area (Å²) in [5, 5.41) is 4.25. The van der Waals surface area contributed by atoms with Gasteiger partial charge in [-0.3, -0.25) is 0 Å². The molecule has 5 heteroatoms. The van der Waals surface area contributed by atoms with Crippen LogP contribution in [0.1, 0.15) is 25.0 Å². The van der Waals surface area contributed by atoms with Crippen LogP contribution in [0, 0.1) is 13.8 Å². The van der Waals surface area contributed by atoms with Crippen molar-refractivity contribution < 1.29 is 9.47 Å². The minimum atomic E-state index is 0.649. The zero-order valence-electron chi connectivity index (χ0n) is 15.7. The van der Waals surface area contributed by atoms with Crippen molar-refractivity contribution in [2.75, 3.05) is 19.5 Å². The van der Waals surface area contributed by atoms with Gasteiger partial charge in [-0.15, -0.1) is 0 Å². The highest BCUT2D eigenvalue weighted by atomic mass is 16.5. The topological polar surface area (TPSA) is 56.3 Å². The molecule has 25 heavy (non-hydrogen) atoms. The van der Waals surface area contributed by atoms with Gasteiger partial charge in [-0.25, -0.2) is 9.97 Å². The quantitative estimate of drug-likeness (QED) is 0.722. The van der Waals surface area contributed by atoms with E-state index in [1.165, 1.54) is 11.1 Å². The zero-order valence-corrected chi connectivity index (χ0v) is 15.7. The van der Waals surface area contributed by atoms with Crippen molar-refractivity contribution in [3.8, 4) is 11.5 Å². The second-order valence-electron chi connectivity index (χ2n) is 5.45. The highest BCUT2D eigenvalue weighted by Crippen LogP contribution is 2.34. The molecule has 0 bridgehead atoms. The fourth-order valence-corrected chi connectivity index (χ4v) is 2.67. The van der Waals surface area contributed by atoms with Crippen LogP contribution in [0.3, 0.4) is 0 Å². The highest BCUT2D eigenvalue weighted by Gasteiger charge is 2.11. The van der Waals surface area contributed by atoms with E-state index in [4.69, 9.17) is 9.47 Å². The Kier molecular flexibility index (Phi) is 6.17. The lowest BCUT2D eigenvalue weighted by Crippen LogP contribution is -1.98. The number of aromatic nitrogens is 2. The molecule has 132 valence electrons. The number of rotatable bonds is 4. The van der Waals surface area contributed by atoms with Gasteiger partial charge < -0.3 is 14.8 Å². The molecular weight excluding hydrogens is 314 g/mol. The highest BCUT2D eigenvalue weighted by molar-refractivity contribution is 5.93. The van der Waals surface area contributed by atoms with Gasteiger partial charge in [0.25, 0.3) is 0 Å². The smallest absolute Gasteiger partial charge is 0.162 e. The Morgan fingerprint density at radius 3 is 2.00 bits per heavy atom. The number of nitrogens with zero attached hydrogens (tertiary/aromatic N) is 2. The third kappa shape index (κ3) is 4.18. The van der Waals surface area contributed by atoms with Gasteiger partial charge >= 0.3 is 0 Å². The first-order valence-corrected chi connectivity index (χ1v) is 8.33. The molecule has 0 radical (unpaired) electrons. The average Bonchev–Trinajstić information content (AvgIpc) is 2.61. The van der Waals surface area contributed by atoms with E-state index in [1.807, 2.05) is 26.0 Å². The molecule has 0 aliphatic heterocycles. The van der Waals surface area contributed by atoms with Crippen LogP contribution in [-0.4, -0.2) is 24.2 Å². The van der Waals surface area contributed by atoms with Crippen LogP contribution in [0.25, 0.3) is 10.9 Å². The number of ether oxygens (including phenoxy) is 2. The normalized spacial score (nSPS) is 10.0. The summed E-state index contributed by atoms with van der Waals surface area (Å²) in [4.78, 5) is 8.69. The zero-order chi connectivity index (χ0) is 18.4. The number of anilines is 2. The molecule has 2 aromatic carbocycles.